The lowest BCUT2D eigenvalue weighted by atomic mass is 10.1. The van der Waals surface area contributed by atoms with Crippen LogP contribution in [0.15, 0.2) is 24.3 Å². The first-order valence-electron chi connectivity index (χ1n) is 6.05. The topological polar surface area (TPSA) is 35.5 Å². The molecule has 0 radical (unpaired) electrons. The van der Waals surface area contributed by atoms with Crippen LogP contribution in [-0.2, 0) is 4.74 Å². The molecular formula is C14H18O3. The van der Waals surface area contributed by atoms with Gasteiger partial charge in [0.25, 0.3) is 0 Å². The fourth-order valence-corrected chi connectivity index (χ4v) is 2.15. The number of rotatable bonds is 2. The van der Waals surface area contributed by atoms with Gasteiger partial charge in [-0.3, -0.25) is 0 Å². The first kappa shape index (κ1) is 12.0. The second-order valence-electron chi connectivity index (χ2n) is 4.92. The summed E-state index contributed by atoms with van der Waals surface area (Å²) in [5, 5.41) is 0. The minimum Gasteiger partial charge on any atom is -0.428 e. The quantitative estimate of drug-likeness (QED) is 0.576. The van der Waals surface area contributed by atoms with E-state index in [1.807, 2.05) is 26.0 Å². The van der Waals surface area contributed by atoms with Gasteiger partial charge in [-0.05, 0) is 51.7 Å². The van der Waals surface area contributed by atoms with Crippen LogP contribution >= 0.6 is 0 Å². The third kappa shape index (κ3) is 3.22. The van der Waals surface area contributed by atoms with Gasteiger partial charge in [0.05, 0.1) is 0 Å². The zero-order valence-electron chi connectivity index (χ0n) is 10.4. The van der Waals surface area contributed by atoms with Crippen molar-refractivity contribution >= 4 is 6.16 Å². The molecule has 1 saturated carbocycles. The Bertz CT molecular complexity index is 388. The second-order valence-corrected chi connectivity index (χ2v) is 4.92. The van der Waals surface area contributed by atoms with E-state index in [0.717, 1.165) is 31.2 Å². The van der Waals surface area contributed by atoms with Gasteiger partial charge in [0.15, 0.2) is 0 Å². The lowest BCUT2D eigenvalue weighted by Gasteiger charge is -2.23. The molecule has 0 unspecified atom stereocenters. The highest BCUT2D eigenvalue weighted by Crippen LogP contribution is 2.33. The van der Waals surface area contributed by atoms with Gasteiger partial charge in [0.1, 0.15) is 11.4 Å². The number of carbonyl (C=O) groups excluding carboxylic acids is 1. The van der Waals surface area contributed by atoms with Crippen LogP contribution in [0.25, 0.3) is 0 Å². The van der Waals surface area contributed by atoms with Crippen LogP contribution in [0.5, 0.6) is 5.75 Å². The normalized spacial score (nSPS) is 17.8. The average molecular weight is 234 g/mol. The molecule has 17 heavy (non-hydrogen) atoms. The fraction of sp³-hybridized carbons (Fsp3) is 0.500. The molecule has 3 nitrogen and oxygen atoms in total. The maximum atomic E-state index is 11.6. The van der Waals surface area contributed by atoms with Crippen LogP contribution in [0, 0.1) is 6.92 Å². The van der Waals surface area contributed by atoms with Gasteiger partial charge in [-0.25, -0.2) is 4.79 Å². The summed E-state index contributed by atoms with van der Waals surface area (Å²) in [6, 6.07) is 7.35. The summed E-state index contributed by atoms with van der Waals surface area (Å²) >= 11 is 0. The van der Waals surface area contributed by atoms with Gasteiger partial charge in [-0.1, -0.05) is 17.7 Å². The standard InChI is InChI=1S/C14H18O3/c1-11-5-7-12(8-6-11)16-13(15)17-14(2)9-3-4-10-14/h5-8H,3-4,9-10H2,1-2H3. The van der Waals surface area contributed by atoms with Crippen molar-refractivity contribution < 1.29 is 14.3 Å². The van der Waals surface area contributed by atoms with Crippen molar-refractivity contribution in [3.8, 4) is 5.75 Å². The van der Waals surface area contributed by atoms with E-state index < -0.39 is 6.16 Å². The summed E-state index contributed by atoms with van der Waals surface area (Å²) in [5.74, 6) is 0.530. The summed E-state index contributed by atoms with van der Waals surface area (Å²) in [7, 11) is 0. The summed E-state index contributed by atoms with van der Waals surface area (Å²) in [6.45, 7) is 3.96. The van der Waals surface area contributed by atoms with E-state index in [4.69, 9.17) is 9.47 Å². The molecule has 0 spiro atoms. The highest BCUT2D eigenvalue weighted by molar-refractivity contribution is 5.64. The highest BCUT2D eigenvalue weighted by Gasteiger charge is 2.33. The Morgan fingerprint density at radius 1 is 1.18 bits per heavy atom. The Morgan fingerprint density at radius 2 is 1.76 bits per heavy atom. The molecule has 0 heterocycles. The fourth-order valence-electron chi connectivity index (χ4n) is 2.15. The van der Waals surface area contributed by atoms with Crippen molar-refractivity contribution in [2.24, 2.45) is 0 Å². The molecule has 0 atom stereocenters. The Morgan fingerprint density at radius 3 is 2.35 bits per heavy atom. The molecule has 0 aromatic heterocycles. The van der Waals surface area contributed by atoms with E-state index in [0.29, 0.717) is 5.75 Å². The number of ether oxygens (including phenoxy) is 2. The Balaban J connectivity index is 1.91. The predicted octanol–water partition coefficient (Wildman–Crippen LogP) is 3.84. The third-order valence-corrected chi connectivity index (χ3v) is 3.21. The molecule has 1 fully saturated rings. The maximum Gasteiger partial charge on any atom is 0.514 e. The van der Waals surface area contributed by atoms with Crippen molar-refractivity contribution in [3.63, 3.8) is 0 Å². The lowest BCUT2D eigenvalue weighted by molar-refractivity contribution is 0.00206. The molecule has 1 aliphatic carbocycles. The zero-order chi connectivity index (χ0) is 12.3. The molecule has 0 aliphatic heterocycles. The van der Waals surface area contributed by atoms with Crippen molar-refractivity contribution in [2.45, 2.75) is 45.1 Å². The van der Waals surface area contributed by atoms with Crippen molar-refractivity contribution in [2.75, 3.05) is 0 Å². The molecule has 1 aliphatic rings. The highest BCUT2D eigenvalue weighted by atomic mass is 16.7. The van der Waals surface area contributed by atoms with Gasteiger partial charge in [-0.15, -0.1) is 0 Å². The Kier molecular flexibility index (Phi) is 3.36. The van der Waals surface area contributed by atoms with E-state index in [1.165, 1.54) is 0 Å². The molecule has 0 bridgehead atoms. The number of aryl methyl sites for hydroxylation is 1. The van der Waals surface area contributed by atoms with Crippen LogP contribution in [0.3, 0.4) is 0 Å². The van der Waals surface area contributed by atoms with Crippen LogP contribution in [-0.4, -0.2) is 11.8 Å². The van der Waals surface area contributed by atoms with E-state index in [2.05, 4.69) is 0 Å². The second kappa shape index (κ2) is 4.78. The molecule has 0 amide bonds. The van der Waals surface area contributed by atoms with Gasteiger partial charge < -0.3 is 9.47 Å². The Labute approximate surface area is 102 Å². The van der Waals surface area contributed by atoms with Gasteiger partial charge in [0, 0.05) is 0 Å². The molecule has 1 aromatic carbocycles. The number of carbonyl (C=O) groups is 1. The number of hydrogen-bond acceptors (Lipinski definition) is 3. The summed E-state index contributed by atoms with van der Waals surface area (Å²) in [5.41, 5.74) is 0.801. The lowest BCUT2D eigenvalue weighted by Crippen LogP contribution is -2.29. The van der Waals surface area contributed by atoms with Crippen molar-refractivity contribution in [1.82, 2.24) is 0 Å². The molecular weight excluding hydrogens is 216 g/mol. The van der Waals surface area contributed by atoms with Crippen LogP contribution in [0.4, 0.5) is 4.79 Å². The maximum absolute atomic E-state index is 11.6. The van der Waals surface area contributed by atoms with Gasteiger partial charge >= 0.3 is 6.16 Å². The SMILES string of the molecule is Cc1ccc(OC(=O)OC2(C)CCCC2)cc1. The van der Waals surface area contributed by atoms with Crippen LogP contribution < -0.4 is 4.74 Å². The zero-order valence-corrected chi connectivity index (χ0v) is 10.4. The van der Waals surface area contributed by atoms with Gasteiger partial charge in [0.2, 0.25) is 0 Å². The van der Waals surface area contributed by atoms with E-state index in [1.54, 1.807) is 12.1 Å². The molecule has 3 heteroatoms. The monoisotopic (exact) mass is 234 g/mol. The van der Waals surface area contributed by atoms with E-state index >= 15 is 0 Å². The summed E-state index contributed by atoms with van der Waals surface area (Å²) < 4.78 is 10.5. The summed E-state index contributed by atoms with van der Waals surface area (Å²) in [4.78, 5) is 11.6. The third-order valence-electron chi connectivity index (χ3n) is 3.21. The van der Waals surface area contributed by atoms with Crippen molar-refractivity contribution in [1.29, 1.82) is 0 Å². The first-order valence-corrected chi connectivity index (χ1v) is 6.05. The van der Waals surface area contributed by atoms with Crippen LogP contribution in [0.1, 0.15) is 38.2 Å². The first-order chi connectivity index (χ1) is 8.07. The molecule has 0 N–H and O–H groups in total. The average Bonchev–Trinajstić information content (AvgIpc) is 2.68. The number of hydrogen-bond donors (Lipinski definition) is 0. The minimum absolute atomic E-state index is 0.332. The minimum atomic E-state index is -0.599. The molecule has 0 saturated heterocycles. The van der Waals surface area contributed by atoms with Crippen LogP contribution in [0.2, 0.25) is 0 Å². The Hall–Kier alpha value is -1.51. The van der Waals surface area contributed by atoms with E-state index in [9.17, 15) is 4.79 Å². The van der Waals surface area contributed by atoms with E-state index in [-0.39, 0.29) is 5.60 Å². The predicted molar refractivity (Wildman–Crippen MR) is 65.2 cm³/mol. The molecule has 2 rings (SSSR count). The number of benzene rings is 1. The smallest absolute Gasteiger partial charge is 0.428 e. The van der Waals surface area contributed by atoms with Crippen molar-refractivity contribution in [3.05, 3.63) is 29.8 Å². The van der Waals surface area contributed by atoms with Gasteiger partial charge in [-0.2, -0.15) is 0 Å². The molecule has 92 valence electrons. The molecule has 1 aromatic rings. The summed E-state index contributed by atoms with van der Waals surface area (Å²) in [6.07, 6.45) is 3.49. The largest absolute Gasteiger partial charge is 0.514 e.